The Labute approximate surface area is 130 Å². The summed E-state index contributed by atoms with van der Waals surface area (Å²) in [5.41, 5.74) is 2.57. The number of carbonyl (C=O) groups is 1. The number of carboxylic acid groups (broad SMARTS) is 1. The van der Waals surface area contributed by atoms with Crippen molar-refractivity contribution < 1.29 is 14.6 Å². The Bertz CT molecular complexity index is 605. The van der Waals surface area contributed by atoms with Crippen molar-refractivity contribution >= 4 is 5.97 Å². The predicted octanol–water partition coefficient (Wildman–Crippen LogP) is 3.25. The van der Waals surface area contributed by atoms with Crippen LogP contribution in [0.5, 0.6) is 5.75 Å². The number of ether oxygens (including phenoxy) is 1. The van der Waals surface area contributed by atoms with Crippen LogP contribution >= 0.6 is 0 Å². The lowest BCUT2D eigenvalue weighted by Gasteiger charge is -2.15. The minimum Gasteiger partial charge on any atom is -0.489 e. The van der Waals surface area contributed by atoms with Gasteiger partial charge in [0, 0.05) is 13.1 Å². The lowest BCUT2D eigenvalue weighted by atomic mass is 10.1. The average molecular weight is 299 g/mol. The summed E-state index contributed by atoms with van der Waals surface area (Å²) in [5.74, 6) is -0.0367. The van der Waals surface area contributed by atoms with E-state index < -0.39 is 5.97 Å². The van der Waals surface area contributed by atoms with E-state index in [1.165, 1.54) is 5.56 Å². The monoisotopic (exact) mass is 299 g/mol. The molecule has 2 rings (SSSR count). The van der Waals surface area contributed by atoms with Gasteiger partial charge in [-0.2, -0.15) is 0 Å². The maximum absolute atomic E-state index is 10.8. The Kier molecular flexibility index (Phi) is 5.55. The van der Waals surface area contributed by atoms with Crippen molar-refractivity contribution in [3.8, 4) is 5.75 Å². The zero-order valence-corrected chi connectivity index (χ0v) is 12.9. The molecule has 0 aliphatic carbocycles. The van der Waals surface area contributed by atoms with Crippen molar-refractivity contribution in [3.63, 3.8) is 0 Å². The highest BCUT2D eigenvalue weighted by molar-refractivity contribution is 5.87. The standard InChI is InChI=1S/C18H21NO3/c1-13-3-9-17(10-4-13)22-14(2)11-19-12-15-5-7-16(8-6-15)18(20)21/h3-10,14,19H,11-12H2,1-2H3,(H,20,21). The highest BCUT2D eigenvalue weighted by Crippen LogP contribution is 2.13. The maximum Gasteiger partial charge on any atom is 0.335 e. The Morgan fingerprint density at radius 3 is 2.36 bits per heavy atom. The van der Waals surface area contributed by atoms with Crippen molar-refractivity contribution in [2.75, 3.05) is 6.54 Å². The van der Waals surface area contributed by atoms with Gasteiger partial charge < -0.3 is 15.2 Å². The molecule has 0 radical (unpaired) electrons. The van der Waals surface area contributed by atoms with Crippen LogP contribution in [0.2, 0.25) is 0 Å². The second-order valence-electron chi connectivity index (χ2n) is 5.37. The highest BCUT2D eigenvalue weighted by Gasteiger charge is 2.05. The molecule has 0 aliphatic heterocycles. The van der Waals surface area contributed by atoms with E-state index in [4.69, 9.17) is 9.84 Å². The van der Waals surface area contributed by atoms with Crippen LogP contribution in [0.1, 0.15) is 28.4 Å². The smallest absolute Gasteiger partial charge is 0.335 e. The summed E-state index contributed by atoms with van der Waals surface area (Å²) in [6.45, 7) is 5.46. The molecule has 0 heterocycles. The van der Waals surface area contributed by atoms with E-state index in [-0.39, 0.29) is 6.10 Å². The fourth-order valence-electron chi connectivity index (χ4n) is 2.08. The summed E-state index contributed by atoms with van der Waals surface area (Å²) >= 11 is 0. The molecule has 0 bridgehead atoms. The molecule has 0 aromatic heterocycles. The number of nitrogens with one attached hydrogen (secondary N) is 1. The van der Waals surface area contributed by atoms with Crippen molar-refractivity contribution in [3.05, 3.63) is 65.2 Å². The first-order valence-corrected chi connectivity index (χ1v) is 7.31. The van der Waals surface area contributed by atoms with Gasteiger partial charge >= 0.3 is 5.97 Å². The molecule has 0 amide bonds. The van der Waals surface area contributed by atoms with Crippen LogP contribution in [0.25, 0.3) is 0 Å². The molecule has 2 aromatic carbocycles. The van der Waals surface area contributed by atoms with E-state index in [9.17, 15) is 4.79 Å². The Morgan fingerprint density at radius 1 is 1.14 bits per heavy atom. The number of hydrogen-bond acceptors (Lipinski definition) is 3. The Hall–Kier alpha value is -2.33. The zero-order valence-electron chi connectivity index (χ0n) is 12.9. The largest absolute Gasteiger partial charge is 0.489 e. The van der Waals surface area contributed by atoms with Crippen LogP contribution in [0, 0.1) is 6.92 Å². The van der Waals surface area contributed by atoms with Gasteiger partial charge in [-0.1, -0.05) is 29.8 Å². The topological polar surface area (TPSA) is 58.6 Å². The summed E-state index contributed by atoms with van der Waals surface area (Å²) in [7, 11) is 0. The molecule has 0 aliphatic rings. The number of benzene rings is 2. The van der Waals surface area contributed by atoms with Crippen LogP contribution in [0.15, 0.2) is 48.5 Å². The summed E-state index contributed by atoms with van der Waals surface area (Å²) in [5, 5.41) is 12.2. The van der Waals surface area contributed by atoms with E-state index >= 15 is 0 Å². The van der Waals surface area contributed by atoms with Crippen LogP contribution in [-0.2, 0) is 6.54 Å². The molecule has 0 spiro atoms. The number of carboxylic acids is 1. The van der Waals surface area contributed by atoms with Gasteiger partial charge in [0.2, 0.25) is 0 Å². The van der Waals surface area contributed by atoms with E-state index in [0.29, 0.717) is 18.7 Å². The predicted molar refractivity (Wildman–Crippen MR) is 86.4 cm³/mol. The molecule has 22 heavy (non-hydrogen) atoms. The normalized spacial score (nSPS) is 11.9. The van der Waals surface area contributed by atoms with Crippen LogP contribution in [-0.4, -0.2) is 23.7 Å². The minimum absolute atomic E-state index is 0.0565. The van der Waals surface area contributed by atoms with Crippen molar-refractivity contribution in [1.82, 2.24) is 5.32 Å². The third-order valence-corrected chi connectivity index (χ3v) is 3.32. The van der Waals surface area contributed by atoms with Crippen LogP contribution < -0.4 is 10.1 Å². The van der Waals surface area contributed by atoms with Crippen molar-refractivity contribution in [2.45, 2.75) is 26.5 Å². The number of hydrogen-bond donors (Lipinski definition) is 2. The van der Waals surface area contributed by atoms with Gasteiger partial charge in [0.15, 0.2) is 0 Å². The fourth-order valence-corrected chi connectivity index (χ4v) is 2.08. The maximum atomic E-state index is 10.8. The minimum atomic E-state index is -0.903. The van der Waals surface area contributed by atoms with E-state index in [0.717, 1.165) is 11.3 Å². The summed E-state index contributed by atoms with van der Waals surface area (Å²) < 4.78 is 5.82. The molecule has 1 atom stereocenters. The highest BCUT2D eigenvalue weighted by atomic mass is 16.5. The first-order chi connectivity index (χ1) is 10.5. The van der Waals surface area contributed by atoms with Crippen LogP contribution in [0.3, 0.4) is 0 Å². The van der Waals surface area contributed by atoms with Gasteiger partial charge in [0.1, 0.15) is 11.9 Å². The molecule has 2 N–H and O–H groups in total. The Balaban J connectivity index is 1.75. The quantitative estimate of drug-likeness (QED) is 0.824. The second kappa shape index (κ2) is 7.61. The number of aromatic carboxylic acids is 1. The van der Waals surface area contributed by atoms with Gasteiger partial charge in [-0.15, -0.1) is 0 Å². The van der Waals surface area contributed by atoms with Gasteiger partial charge in [-0.3, -0.25) is 0 Å². The first kappa shape index (κ1) is 16.0. The van der Waals surface area contributed by atoms with Crippen LogP contribution in [0.4, 0.5) is 0 Å². The molecule has 0 fully saturated rings. The lowest BCUT2D eigenvalue weighted by Crippen LogP contribution is -2.28. The molecular formula is C18H21NO3. The van der Waals surface area contributed by atoms with E-state index in [1.54, 1.807) is 12.1 Å². The van der Waals surface area contributed by atoms with E-state index in [1.807, 2.05) is 50.2 Å². The second-order valence-corrected chi connectivity index (χ2v) is 5.37. The molecule has 0 saturated heterocycles. The third-order valence-electron chi connectivity index (χ3n) is 3.32. The summed E-state index contributed by atoms with van der Waals surface area (Å²) in [6, 6.07) is 14.9. The fraction of sp³-hybridized carbons (Fsp3) is 0.278. The van der Waals surface area contributed by atoms with E-state index in [2.05, 4.69) is 5.32 Å². The molecule has 4 heteroatoms. The van der Waals surface area contributed by atoms with Gasteiger partial charge in [-0.25, -0.2) is 4.79 Å². The summed E-state index contributed by atoms with van der Waals surface area (Å²) in [6.07, 6.45) is 0.0565. The third kappa shape index (κ3) is 4.90. The Morgan fingerprint density at radius 2 is 1.77 bits per heavy atom. The van der Waals surface area contributed by atoms with Crippen molar-refractivity contribution in [1.29, 1.82) is 0 Å². The molecule has 116 valence electrons. The molecule has 4 nitrogen and oxygen atoms in total. The van der Waals surface area contributed by atoms with Crippen molar-refractivity contribution in [2.24, 2.45) is 0 Å². The molecule has 1 unspecified atom stereocenters. The number of rotatable bonds is 7. The first-order valence-electron chi connectivity index (χ1n) is 7.31. The van der Waals surface area contributed by atoms with Gasteiger partial charge in [0.25, 0.3) is 0 Å². The summed E-state index contributed by atoms with van der Waals surface area (Å²) in [4.78, 5) is 10.8. The molecule has 0 saturated carbocycles. The SMILES string of the molecule is Cc1ccc(OC(C)CNCc2ccc(C(=O)O)cc2)cc1. The lowest BCUT2D eigenvalue weighted by molar-refractivity contribution is 0.0697. The molecular weight excluding hydrogens is 278 g/mol. The van der Waals surface area contributed by atoms with Gasteiger partial charge in [-0.05, 0) is 43.7 Å². The zero-order chi connectivity index (χ0) is 15.9. The van der Waals surface area contributed by atoms with Gasteiger partial charge in [0.05, 0.1) is 5.56 Å². The number of aryl methyl sites for hydroxylation is 1. The average Bonchev–Trinajstić information content (AvgIpc) is 2.50. The molecule has 2 aromatic rings.